The van der Waals surface area contributed by atoms with E-state index in [2.05, 4.69) is 9.97 Å². The molecule has 7 heteroatoms. The van der Waals surface area contributed by atoms with E-state index in [0.29, 0.717) is 27.8 Å². The number of benzene rings is 2. The second kappa shape index (κ2) is 8.28. The molecule has 0 aliphatic rings. The minimum absolute atomic E-state index is 0.142. The Kier molecular flexibility index (Phi) is 5.52. The van der Waals surface area contributed by atoms with Crippen molar-refractivity contribution in [3.05, 3.63) is 98.3 Å². The van der Waals surface area contributed by atoms with Gasteiger partial charge in [-0.25, -0.2) is 0 Å². The van der Waals surface area contributed by atoms with Gasteiger partial charge < -0.3 is 9.88 Å². The lowest BCUT2D eigenvalue weighted by atomic mass is 10.1. The molecule has 1 amide bonds. The molecule has 0 spiro atoms. The number of pyridine rings is 1. The highest BCUT2D eigenvalue weighted by Crippen LogP contribution is 2.19. The Morgan fingerprint density at radius 2 is 1.87 bits per heavy atom. The van der Waals surface area contributed by atoms with Gasteiger partial charge in [-0.15, -0.1) is 0 Å². The summed E-state index contributed by atoms with van der Waals surface area (Å²) in [5, 5.41) is 0.475. The first-order valence-electron chi connectivity index (χ1n) is 9.87. The van der Waals surface area contributed by atoms with E-state index in [9.17, 15) is 9.59 Å². The van der Waals surface area contributed by atoms with Crippen molar-refractivity contribution in [1.29, 1.82) is 0 Å². The zero-order valence-electron chi connectivity index (χ0n) is 17.5. The van der Waals surface area contributed by atoms with Gasteiger partial charge in [0.05, 0.1) is 16.6 Å². The summed E-state index contributed by atoms with van der Waals surface area (Å²) < 4.78 is 1.80. The molecule has 2 aromatic heterocycles. The fourth-order valence-corrected chi connectivity index (χ4v) is 3.89. The summed E-state index contributed by atoms with van der Waals surface area (Å²) in [5.74, 6) is -0.142. The van der Waals surface area contributed by atoms with Gasteiger partial charge in [-0.2, -0.15) is 0 Å². The van der Waals surface area contributed by atoms with Crippen molar-refractivity contribution >= 4 is 29.0 Å². The molecule has 0 unspecified atom stereocenters. The van der Waals surface area contributed by atoms with Crippen molar-refractivity contribution in [3.63, 3.8) is 0 Å². The maximum absolute atomic E-state index is 13.2. The lowest BCUT2D eigenvalue weighted by molar-refractivity contribution is 0.0785. The summed E-state index contributed by atoms with van der Waals surface area (Å²) in [4.78, 5) is 34.9. The van der Waals surface area contributed by atoms with Gasteiger partial charge in [0.15, 0.2) is 4.77 Å². The Labute approximate surface area is 184 Å². The molecular weight excluding hydrogens is 408 g/mol. The van der Waals surface area contributed by atoms with Crippen LogP contribution < -0.4 is 5.56 Å². The largest absolute Gasteiger partial charge is 0.337 e. The van der Waals surface area contributed by atoms with Crippen LogP contribution in [0.5, 0.6) is 0 Å². The minimum Gasteiger partial charge on any atom is -0.337 e. The standard InChI is InChI=1S/C24H22N4O2S/c1-15-5-4-6-21(16(15)2)28-23(30)19-8-7-18(13-20(19)26-24(28)31)22(29)27(3)14-17-9-11-25-12-10-17/h4-13H,14H2,1-3H3,(H,26,31). The van der Waals surface area contributed by atoms with Crippen molar-refractivity contribution in [2.45, 2.75) is 20.4 Å². The molecule has 2 aromatic carbocycles. The van der Waals surface area contributed by atoms with E-state index in [1.807, 2.05) is 44.2 Å². The molecule has 0 saturated heterocycles. The predicted octanol–water partition coefficient (Wildman–Crippen LogP) is 4.33. The molecule has 0 aliphatic heterocycles. The van der Waals surface area contributed by atoms with Crippen LogP contribution in [0.3, 0.4) is 0 Å². The Morgan fingerprint density at radius 1 is 1.13 bits per heavy atom. The lowest BCUT2D eigenvalue weighted by Crippen LogP contribution is -2.26. The average Bonchev–Trinajstić information content (AvgIpc) is 2.76. The summed E-state index contributed by atoms with van der Waals surface area (Å²) in [6, 6.07) is 14.6. The topological polar surface area (TPSA) is 71.0 Å². The molecule has 2 heterocycles. The van der Waals surface area contributed by atoms with Gasteiger partial charge >= 0.3 is 0 Å². The van der Waals surface area contributed by atoms with Crippen LogP contribution in [0, 0.1) is 18.6 Å². The Hall–Kier alpha value is -3.58. The van der Waals surface area contributed by atoms with Gasteiger partial charge in [-0.1, -0.05) is 12.1 Å². The third kappa shape index (κ3) is 3.92. The van der Waals surface area contributed by atoms with Gasteiger partial charge in [0.1, 0.15) is 0 Å². The van der Waals surface area contributed by atoms with Gasteiger partial charge in [-0.3, -0.25) is 19.1 Å². The number of aromatic amines is 1. The molecule has 0 bridgehead atoms. The molecule has 0 aliphatic carbocycles. The maximum atomic E-state index is 13.2. The maximum Gasteiger partial charge on any atom is 0.266 e. The van der Waals surface area contributed by atoms with Crippen LogP contribution in [-0.4, -0.2) is 32.4 Å². The number of carbonyl (C=O) groups excluding carboxylic acids is 1. The van der Waals surface area contributed by atoms with E-state index in [0.717, 1.165) is 22.4 Å². The molecule has 0 atom stereocenters. The number of aromatic nitrogens is 3. The van der Waals surface area contributed by atoms with Crippen molar-refractivity contribution < 1.29 is 4.79 Å². The van der Waals surface area contributed by atoms with Crippen molar-refractivity contribution in [2.75, 3.05) is 7.05 Å². The Balaban J connectivity index is 1.74. The highest BCUT2D eigenvalue weighted by atomic mass is 32.1. The molecule has 6 nitrogen and oxygen atoms in total. The number of aryl methyl sites for hydroxylation is 1. The number of carbonyl (C=O) groups is 1. The van der Waals surface area contributed by atoms with Gasteiger partial charge in [0, 0.05) is 31.5 Å². The van der Waals surface area contributed by atoms with Crippen LogP contribution in [0.2, 0.25) is 0 Å². The van der Waals surface area contributed by atoms with Gasteiger partial charge in [0.25, 0.3) is 11.5 Å². The molecule has 156 valence electrons. The van der Waals surface area contributed by atoms with Crippen LogP contribution in [-0.2, 0) is 6.54 Å². The lowest BCUT2D eigenvalue weighted by Gasteiger charge is -2.18. The summed E-state index contributed by atoms with van der Waals surface area (Å²) in [6.07, 6.45) is 3.40. The predicted molar refractivity (Wildman–Crippen MR) is 124 cm³/mol. The fraction of sp³-hybridized carbons (Fsp3) is 0.167. The van der Waals surface area contributed by atoms with Gasteiger partial charge in [0.2, 0.25) is 0 Å². The summed E-state index contributed by atoms with van der Waals surface area (Å²) in [6.45, 7) is 4.43. The van der Waals surface area contributed by atoms with Crippen LogP contribution in [0.4, 0.5) is 0 Å². The molecule has 0 saturated carbocycles. The molecule has 4 aromatic rings. The third-order valence-corrected chi connectivity index (χ3v) is 5.76. The number of fused-ring (bicyclic) bond motifs is 1. The monoisotopic (exact) mass is 430 g/mol. The summed E-state index contributed by atoms with van der Waals surface area (Å²) in [7, 11) is 1.74. The summed E-state index contributed by atoms with van der Waals surface area (Å²) >= 11 is 5.51. The third-order valence-electron chi connectivity index (χ3n) is 5.48. The fourth-order valence-electron chi connectivity index (χ4n) is 3.60. The van der Waals surface area contributed by atoms with Gasteiger partial charge in [-0.05, 0) is 79.2 Å². The molecule has 1 N–H and O–H groups in total. The van der Waals surface area contributed by atoms with E-state index >= 15 is 0 Å². The number of hydrogen-bond donors (Lipinski definition) is 1. The van der Waals surface area contributed by atoms with E-state index < -0.39 is 0 Å². The van der Waals surface area contributed by atoms with Crippen LogP contribution in [0.15, 0.2) is 65.7 Å². The van der Waals surface area contributed by atoms with E-state index in [4.69, 9.17) is 12.2 Å². The Bertz CT molecular complexity index is 1410. The summed E-state index contributed by atoms with van der Waals surface area (Å²) in [5.41, 5.74) is 4.63. The van der Waals surface area contributed by atoms with Crippen LogP contribution in [0.25, 0.3) is 16.6 Å². The molecule has 0 fully saturated rings. The first-order valence-corrected chi connectivity index (χ1v) is 10.3. The number of nitrogens with zero attached hydrogens (tertiary/aromatic N) is 3. The second-order valence-corrected chi connectivity index (χ2v) is 7.95. The first-order chi connectivity index (χ1) is 14.9. The number of amides is 1. The van der Waals surface area contributed by atoms with Crippen molar-refractivity contribution in [2.24, 2.45) is 0 Å². The second-order valence-electron chi connectivity index (χ2n) is 7.57. The number of nitrogens with one attached hydrogen (secondary N) is 1. The normalized spacial score (nSPS) is 10.9. The molecule has 4 rings (SSSR count). The Morgan fingerprint density at radius 3 is 2.61 bits per heavy atom. The zero-order valence-corrected chi connectivity index (χ0v) is 18.4. The number of rotatable bonds is 4. The zero-order chi connectivity index (χ0) is 22.1. The van der Waals surface area contributed by atoms with Crippen LogP contribution >= 0.6 is 12.2 Å². The smallest absolute Gasteiger partial charge is 0.266 e. The molecule has 0 radical (unpaired) electrons. The van der Waals surface area contributed by atoms with Crippen LogP contribution in [0.1, 0.15) is 27.0 Å². The van der Waals surface area contributed by atoms with E-state index in [1.54, 1.807) is 42.5 Å². The molecular formula is C24H22N4O2S. The minimum atomic E-state index is -0.211. The highest BCUT2D eigenvalue weighted by Gasteiger charge is 2.15. The van der Waals surface area contributed by atoms with E-state index in [1.165, 1.54) is 4.57 Å². The molecule has 31 heavy (non-hydrogen) atoms. The SMILES string of the molecule is Cc1cccc(-n2c(=S)[nH]c3cc(C(=O)N(C)Cc4ccncc4)ccc3c2=O)c1C. The van der Waals surface area contributed by atoms with E-state index in [-0.39, 0.29) is 11.5 Å². The number of hydrogen-bond acceptors (Lipinski definition) is 4. The quantitative estimate of drug-likeness (QED) is 0.489. The highest BCUT2D eigenvalue weighted by molar-refractivity contribution is 7.71. The van der Waals surface area contributed by atoms with Crippen molar-refractivity contribution in [1.82, 2.24) is 19.4 Å². The first kappa shape index (κ1) is 20.7. The number of H-pyrrole nitrogens is 1. The average molecular weight is 431 g/mol. The van der Waals surface area contributed by atoms with Crippen molar-refractivity contribution in [3.8, 4) is 5.69 Å².